The molecule has 0 aliphatic carbocycles. The highest BCUT2D eigenvalue weighted by atomic mass is 32.2. The molecule has 7 N–H and O–H groups in total. The van der Waals surface area contributed by atoms with Gasteiger partial charge in [0.1, 0.15) is 48.2 Å². The fourth-order valence-electron chi connectivity index (χ4n) is 7.63. The number of unbranched alkanes of at least 4 members (excludes halogenated alkanes) is 6. The van der Waals surface area contributed by atoms with Crippen molar-refractivity contribution >= 4 is 59.1 Å². The van der Waals surface area contributed by atoms with Crippen molar-refractivity contribution in [2.45, 2.75) is 164 Å². The minimum Gasteiger partial charge on any atom is -0.459 e. The minimum absolute atomic E-state index is 0.0201. The van der Waals surface area contributed by atoms with Crippen molar-refractivity contribution in [1.29, 1.82) is 0 Å². The zero-order valence-corrected chi connectivity index (χ0v) is 35.5. The van der Waals surface area contributed by atoms with Crippen LogP contribution in [0.15, 0.2) is 30.3 Å². The molecule has 7 amide bonds. The molecule has 326 valence electrons. The standard InChI is InChI=1S/C41H61N7O10S/c1-6-7-8-9-10-11-15-20-30(51)47-21-16-19-28(47)36(54)45-31(25(3)49)37(55)43-24(2)34(52)44-27(22-29(42)50)35(53)46-32-38(56)48-33(41(4,5)59-39(32)48)40(57)58-23-26-17-13-12-14-18-26/h12-14,17-18,24-25,27-28,31-33,39,49H,6-11,15-16,19-23H2,1-5H3,(H2,42,50)(H,43,55)(H,44,52)(H,45,54)(H,46,53)/t24-,25+,27-,28-,31-,32+,33-,39+/m0/s1. The van der Waals surface area contributed by atoms with Crippen LogP contribution in [0, 0.1) is 0 Å². The summed E-state index contributed by atoms with van der Waals surface area (Å²) < 4.78 is 4.77. The van der Waals surface area contributed by atoms with E-state index in [0.29, 0.717) is 25.8 Å². The SMILES string of the molecule is CCCCCCCCCC(=O)N1CCC[C@H]1C(=O)N[C@H](C(=O)N[C@@H](C)C(=O)N[C@@H](CC(N)=O)C(=O)N[C@@H]1C(=O)N2[C@@H]1SC(C)(C)[C@@H]2C(=O)OCc1ccccc1)[C@@H](C)O. The molecule has 3 fully saturated rings. The average Bonchev–Trinajstić information content (AvgIpc) is 3.78. The van der Waals surface area contributed by atoms with Crippen LogP contribution >= 0.6 is 11.8 Å². The summed E-state index contributed by atoms with van der Waals surface area (Å²) >= 11 is 1.30. The number of nitrogens with one attached hydrogen (secondary N) is 4. The lowest BCUT2D eigenvalue weighted by molar-refractivity contribution is -0.165. The number of nitrogens with two attached hydrogens (primary N) is 1. The van der Waals surface area contributed by atoms with Gasteiger partial charge in [-0.1, -0.05) is 75.8 Å². The first-order chi connectivity index (χ1) is 28.0. The van der Waals surface area contributed by atoms with Crippen molar-refractivity contribution < 1.29 is 48.2 Å². The molecule has 3 heterocycles. The van der Waals surface area contributed by atoms with E-state index in [9.17, 15) is 43.5 Å². The Morgan fingerprint density at radius 3 is 2.24 bits per heavy atom. The van der Waals surface area contributed by atoms with Gasteiger partial charge in [0.2, 0.25) is 41.4 Å². The Labute approximate surface area is 350 Å². The van der Waals surface area contributed by atoms with Crippen LogP contribution in [-0.2, 0) is 49.7 Å². The molecule has 8 atom stereocenters. The number of esters is 1. The molecule has 1 aromatic carbocycles. The van der Waals surface area contributed by atoms with E-state index in [2.05, 4.69) is 28.2 Å². The van der Waals surface area contributed by atoms with E-state index in [1.54, 1.807) is 26.0 Å². The number of β-lactam (4-membered cyclic amide) rings is 1. The Bertz CT molecular complexity index is 1690. The molecule has 0 bridgehead atoms. The molecule has 3 aliphatic rings. The van der Waals surface area contributed by atoms with Crippen molar-refractivity contribution in [3.8, 4) is 0 Å². The fourth-order valence-corrected chi connectivity index (χ4v) is 9.25. The van der Waals surface area contributed by atoms with E-state index in [0.717, 1.165) is 37.7 Å². The second-order valence-electron chi connectivity index (χ2n) is 16.1. The Kier molecular flexibility index (Phi) is 17.1. The molecular weight excluding hydrogens is 783 g/mol. The van der Waals surface area contributed by atoms with Crippen LogP contribution in [0.3, 0.4) is 0 Å². The lowest BCUT2D eigenvalue weighted by Crippen LogP contribution is -2.72. The van der Waals surface area contributed by atoms with Gasteiger partial charge in [-0.3, -0.25) is 33.6 Å². The third kappa shape index (κ3) is 12.4. The van der Waals surface area contributed by atoms with Crippen molar-refractivity contribution in [3.05, 3.63) is 35.9 Å². The highest BCUT2D eigenvalue weighted by Gasteiger charge is 2.64. The van der Waals surface area contributed by atoms with E-state index >= 15 is 0 Å². The summed E-state index contributed by atoms with van der Waals surface area (Å²) in [6, 6.07) is 1.91. The molecule has 3 aliphatic heterocycles. The molecule has 17 nitrogen and oxygen atoms in total. The monoisotopic (exact) mass is 843 g/mol. The largest absolute Gasteiger partial charge is 0.459 e. The molecule has 59 heavy (non-hydrogen) atoms. The predicted molar refractivity (Wildman–Crippen MR) is 219 cm³/mol. The molecule has 3 saturated heterocycles. The Hall–Kier alpha value is -4.71. The third-order valence-corrected chi connectivity index (χ3v) is 12.5. The van der Waals surface area contributed by atoms with Gasteiger partial charge in [0, 0.05) is 17.7 Å². The quantitative estimate of drug-likeness (QED) is 0.0549. The van der Waals surface area contributed by atoms with Gasteiger partial charge in [0.15, 0.2) is 0 Å². The summed E-state index contributed by atoms with van der Waals surface area (Å²) in [6.45, 7) is 8.76. The number of primary amides is 1. The average molecular weight is 844 g/mol. The van der Waals surface area contributed by atoms with Crippen LogP contribution in [0.5, 0.6) is 0 Å². The van der Waals surface area contributed by atoms with Crippen LogP contribution in [0.2, 0.25) is 0 Å². The molecule has 0 radical (unpaired) electrons. The summed E-state index contributed by atoms with van der Waals surface area (Å²) in [6.07, 6.45) is 6.66. The Balaban J connectivity index is 1.30. The van der Waals surface area contributed by atoms with Gasteiger partial charge >= 0.3 is 5.97 Å². The summed E-state index contributed by atoms with van der Waals surface area (Å²) in [4.78, 5) is 108. The number of ether oxygens (including phenoxy) is 1. The van der Waals surface area contributed by atoms with E-state index in [4.69, 9.17) is 10.5 Å². The van der Waals surface area contributed by atoms with Gasteiger partial charge in [0.05, 0.1) is 12.5 Å². The lowest BCUT2D eigenvalue weighted by Gasteiger charge is -2.44. The number of fused-ring (bicyclic) bond motifs is 1. The number of likely N-dealkylation sites (tertiary alicyclic amines) is 1. The first-order valence-corrected chi connectivity index (χ1v) is 21.5. The summed E-state index contributed by atoms with van der Waals surface area (Å²) in [5, 5.41) is 19.8. The predicted octanol–water partition coefficient (Wildman–Crippen LogP) is 1.14. The van der Waals surface area contributed by atoms with Gasteiger partial charge in [0.25, 0.3) is 0 Å². The maximum Gasteiger partial charge on any atom is 0.330 e. The second kappa shape index (κ2) is 21.5. The number of carbonyl (C=O) groups excluding carboxylic acids is 8. The van der Waals surface area contributed by atoms with E-state index in [1.807, 2.05) is 18.2 Å². The maximum absolute atomic E-state index is 13.5. The van der Waals surface area contributed by atoms with Crippen LogP contribution in [-0.4, -0.2) is 121 Å². The normalized spacial score (nSPS) is 22.5. The molecule has 18 heteroatoms. The number of hydrogen-bond acceptors (Lipinski definition) is 11. The number of rotatable bonds is 22. The first kappa shape index (κ1) is 47.0. The van der Waals surface area contributed by atoms with Gasteiger partial charge in [-0.2, -0.15) is 0 Å². The second-order valence-corrected chi connectivity index (χ2v) is 17.9. The van der Waals surface area contributed by atoms with Crippen LogP contribution < -0.4 is 27.0 Å². The van der Waals surface area contributed by atoms with E-state index in [-0.39, 0.29) is 12.5 Å². The maximum atomic E-state index is 13.5. The highest BCUT2D eigenvalue weighted by Crippen LogP contribution is 2.51. The number of nitrogens with zero attached hydrogens (tertiary/aromatic N) is 2. The number of amides is 7. The Morgan fingerprint density at radius 1 is 0.932 bits per heavy atom. The van der Waals surface area contributed by atoms with Crippen molar-refractivity contribution in [2.75, 3.05) is 6.54 Å². The van der Waals surface area contributed by atoms with Crippen LogP contribution in [0.4, 0.5) is 0 Å². The minimum atomic E-state index is -1.54. The van der Waals surface area contributed by atoms with Gasteiger partial charge in [-0.05, 0) is 52.5 Å². The Morgan fingerprint density at radius 2 is 1.59 bits per heavy atom. The van der Waals surface area contributed by atoms with Gasteiger partial charge in [-0.25, -0.2) is 4.79 Å². The molecule has 0 saturated carbocycles. The number of aliphatic hydroxyl groups excluding tert-OH is 1. The number of carbonyl (C=O) groups is 8. The molecule has 0 spiro atoms. The number of benzene rings is 1. The molecule has 0 aromatic heterocycles. The smallest absolute Gasteiger partial charge is 0.330 e. The summed E-state index contributed by atoms with van der Waals surface area (Å²) in [5.74, 6) is -5.49. The van der Waals surface area contributed by atoms with Crippen molar-refractivity contribution in [1.82, 2.24) is 31.1 Å². The van der Waals surface area contributed by atoms with E-state index < -0.39 is 100 Å². The van der Waals surface area contributed by atoms with Crippen LogP contribution in [0.25, 0.3) is 0 Å². The first-order valence-electron chi connectivity index (χ1n) is 20.6. The lowest BCUT2D eigenvalue weighted by atomic mass is 9.95. The molecular formula is C41H61N7O10S. The zero-order chi connectivity index (χ0) is 43.4. The number of hydrogen-bond donors (Lipinski definition) is 6. The topological polar surface area (TPSA) is 247 Å². The van der Waals surface area contributed by atoms with E-state index in [1.165, 1.54) is 48.3 Å². The molecule has 0 unspecified atom stereocenters. The molecule has 4 rings (SSSR count). The van der Waals surface area contributed by atoms with Gasteiger partial charge in [-0.15, -0.1) is 11.8 Å². The van der Waals surface area contributed by atoms with Gasteiger partial charge < -0.3 is 46.6 Å². The summed E-state index contributed by atoms with van der Waals surface area (Å²) in [5.41, 5.74) is 6.18. The van der Waals surface area contributed by atoms with Crippen molar-refractivity contribution in [3.63, 3.8) is 0 Å². The molecule has 1 aromatic rings. The number of thioether (sulfide) groups is 1. The van der Waals surface area contributed by atoms with Crippen molar-refractivity contribution in [2.24, 2.45) is 5.73 Å². The van der Waals surface area contributed by atoms with Crippen LogP contribution in [0.1, 0.15) is 111 Å². The fraction of sp³-hybridized carbons (Fsp3) is 0.659. The number of aliphatic hydroxyl groups is 1. The summed E-state index contributed by atoms with van der Waals surface area (Å²) in [7, 11) is 0. The highest BCUT2D eigenvalue weighted by molar-refractivity contribution is 8.01. The third-order valence-electron chi connectivity index (χ3n) is 10.9. The zero-order valence-electron chi connectivity index (χ0n) is 34.7.